The number of rotatable bonds is 10. The summed E-state index contributed by atoms with van der Waals surface area (Å²) in [6, 6.07) is 11.6. The normalized spacial score (nSPS) is 13.6. The maximum Gasteiger partial charge on any atom is 0.416 e. The number of halogens is 3. The summed E-state index contributed by atoms with van der Waals surface area (Å²) in [5.41, 5.74) is 3.56. The summed E-state index contributed by atoms with van der Waals surface area (Å²) in [4.78, 5) is 10.1. The number of benzene rings is 2. The van der Waals surface area contributed by atoms with Gasteiger partial charge in [0, 0.05) is 19.1 Å². The minimum Gasteiger partial charge on any atom is -0.494 e. The van der Waals surface area contributed by atoms with Crippen LogP contribution in [0.3, 0.4) is 0 Å². The van der Waals surface area contributed by atoms with Crippen molar-refractivity contribution < 1.29 is 27.4 Å². The van der Waals surface area contributed by atoms with E-state index < -0.39 is 11.7 Å². The molecule has 2 aromatic rings. The second-order valence-corrected chi connectivity index (χ2v) is 9.82. The number of carbonyl (C=O) groups is 1. The van der Waals surface area contributed by atoms with Gasteiger partial charge in [-0.3, -0.25) is 0 Å². The van der Waals surface area contributed by atoms with E-state index in [1.165, 1.54) is 5.56 Å². The molecule has 0 heterocycles. The van der Waals surface area contributed by atoms with Gasteiger partial charge in [-0.25, -0.2) is 0 Å². The number of hydrogen-bond donors (Lipinski definition) is 0. The Morgan fingerprint density at radius 3 is 2.22 bits per heavy atom. The van der Waals surface area contributed by atoms with Crippen LogP contribution in [0.2, 0.25) is 0 Å². The second kappa shape index (κ2) is 14.2. The highest BCUT2D eigenvalue weighted by Gasteiger charge is 2.30. The van der Waals surface area contributed by atoms with Gasteiger partial charge in [0.1, 0.15) is 12.0 Å². The van der Waals surface area contributed by atoms with Crippen molar-refractivity contribution in [2.45, 2.75) is 71.9 Å². The first-order chi connectivity index (χ1) is 17.1. The third kappa shape index (κ3) is 9.81. The quantitative estimate of drug-likeness (QED) is 0.241. The van der Waals surface area contributed by atoms with Gasteiger partial charge < -0.3 is 14.3 Å². The van der Waals surface area contributed by atoms with Crippen LogP contribution in [0.15, 0.2) is 42.5 Å². The summed E-state index contributed by atoms with van der Waals surface area (Å²) in [5, 5.41) is 0. The first kappa shape index (κ1) is 29.6. The van der Waals surface area contributed by atoms with Crippen LogP contribution in [0.25, 0.3) is 11.6 Å². The Morgan fingerprint density at radius 2 is 1.64 bits per heavy atom. The van der Waals surface area contributed by atoms with Crippen LogP contribution in [0.5, 0.6) is 5.75 Å². The van der Waals surface area contributed by atoms with Gasteiger partial charge in [-0.15, -0.1) is 0 Å². The Labute approximate surface area is 213 Å². The van der Waals surface area contributed by atoms with Crippen molar-refractivity contribution in [1.29, 1.82) is 0 Å². The van der Waals surface area contributed by atoms with Gasteiger partial charge >= 0.3 is 6.18 Å². The Bertz CT molecular complexity index is 976. The number of alkyl halides is 3. The number of carbonyl (C=O) groups excluding carboxylic acids is 1. The molecule has 0 bridgehead atoms. The fraction of sp³-hybridized carbons (Fsp3) is 0.500. The molecular weight excluding hydrogens is 465 g/mol. The molecule has 3 rings (SSSR count). The maximum absolute atomic E-state index is 12.8. The van der Waals surface area contributed by atoms with Crippen molar-refractivity contribution in [1.82, 2.24) is 0 Å². The molecule has 6 heteroatoms. The van der Waals surface area contributed by atoms with Gasteiger partial charge in [0.2, 0.25) is 0 Å². The molecular formula is C30H39F3O3. The van der Waals surface area contributed by atoms with Crippen LogP contribution >= 0.6 is 0 Å². The lowest BCUT2D eigenvalue weighted by atomic mass is 9.93. The zero-order valence-electron chi connectivity index (χ0n) is 21.9. The zero-order valence-corrected chi connectivity index (χ0v) is 21.9. The number of aldehydes is 1. The first-order valence-corrected chi connectivity index (χ1v) is 12.7. The third-order valence-electron chi connectivity index (χ3n) is 6.41. The highest BCUT2D eigenvalue weighted by molar-refractivity contribution is 5.83. The molecule has 2 aromatic carbocycles. The van der Waals surface area contributed by atoms with Crippen molar-refractivity contribution in [3.8, 4) is 5.75 Å². The lowest BCUT2D eigenvalue weighted by Crippen LogP contribution is -2.09. The van der Waals surface area contributed by atoms with Crippen molar-refractivity contribution in [2.75, 3.05) is 20.3 Å². The molecule has 0 atom stereocenters. The van der Waals surface area contributed by atoms with E-state index in [1.54, 1.807) is 19.2 Å². The third-order valence-corrected chi connectivity index (χ3v) is 6.41. The highest BCUT2D eigenvalue weighted by Crippen LogP contribution is 2.34. The van der Waals surface area contributed by atoms with Crippen molar-refractivity contribution in [3.05, 3.63) is 64.7 Å². The predicted octanol–water partition coefficient (Wildman–Crippen LogP) is 8.40. The average Bonchev–Trinajstić information content (AvgIpc) is 3.08. The fourth-order valence-corrected chi connectivity index (χ4v) is 3.66. The van der Waals surface area contributed by atoms with Crippen LogP contribution in [0, 0.1) is 5.41 Å². The number of allylic oxidation sites excluding steroid dienone is 1. The number of fused-ring (bicyclic) bond motifs is 1. The molecule has 198 valence electrons. The Balaban J connectivity index is 0.000000572. The molecule has 0 fully saturated rings. The van der Waals surface area contributed by atoms with Crippen molar-refractivity contribution >= 4 is 17.9 Å². The van der Waals surface area contributed by atoms with Crippen molar-refractivity contribution in [2.24, 2.45) is 5.41 Å². The van der Waals surface area contributed by atoms with Crippen LogP contribution in [0.4, 0.5) is 13.2 Å². The summed E-state index contributed by atoms with van der Waals surface area (Å²) in [6.45, 7) is 7.34. The Hall–Kier alpha value is -2.60. The molecule has 0 spiro atoms. The Kier molecular flexibility index (Phi) is 11.7. The van der Waals surface area contributed by atoms with Crippen LogP contribution in [-0.4, -0.2) is 26.6 Å². The van der Waals surface area contributed by atoms with E-state index in [0.717, 1.165) is 92.4 Å². The molecule has 0 unspecified atom stereocenters. The van der Waals surface area contributed by atoms with Gasteiger partial charge in [-0.05, 0) is 91.5 Å². The lowest BCUT2D eigenvalue weighted by Gasteiger charge is -2.10. The molecule has 0 radical (unpaired) electrons. The van der Waals surface area contributed by atoms with E-state index in [4.69, 9.17) is 9.47 Å². The highest BCUT2D eigenvalue weighted by atomic mass is 19.4. The predicted molar refractivity (Wildman–Crippen MR) is 140 cm³/mol. The molecule has 0 saturated heterocycles. The van der Waals surface area contributed by atoms with Gasteiger partial charge in [0.15, 0.2) is 0 Å². The lowest BCUT2D eigenvalue weighted by molar-refractivity contribution is -0.137. The van der Waals surface area contributed by atoms with Gasteiger partial charge in [-0.2, -0.15) is 13.2 Å². The van der Waals surface area contributed by atoms with Crippen molar-refractivity contribution in [3.63, 3.8) is 0 Å². The van der Waals surface area contributed by atoms with E-state index in [1.807, 2.05) is 32.9 Å². The smallest absolute Gasteiger partial charge is 0.416 e. The molecule has 0 aliphatic heterocycles. The molecule has 0 aromatic heterocycles. The minimum atomic E-state index is -4.30. The van der Waals surface area contributed by atoms with Gasteiger partial charge in [0.25, 0.3) is 0 Å². The fourth-order valence-electron chi connectivity index (χ4n) is 3.66. The molecule has 36 heavy (non-hydrogen) atoms. The van der Waals surface area contributed by atoms with Gasteiger partial charge in [-0.1, -0.05) is 45.0 Å². The minimum absolute atomic E-state index is 0.0972. The molecule has 1 aliphatic carbocycles. The molecule has 0 saturated carbocycles. The average molecular weight is 505 g/mol. The molecule has 0 N–H and O–H groups in total. The summed E-state index contributed by atoms with van der Waals surface area (Å²) in [7, 11) is 1.71. The van der Waals surface area contributed by atoms with Crippen LogP contribution < -0.4 is 4.74 Å². The molecule has 3 nitrogen and oxygen atoms in total. The summed E-state index contributed by atoms with van der Waals surface area (Å²) in [6.07, 6.45) is 5.57. The number of methoxy groups -OCH3 is 1. The van der Waals surface area contributed by atoms with E-state index in [2.05, 4.69) is 12.1 Å². The number of aryl methyl sites for hydroxylation is 1. The monoisotopic (exact) mass is 504 g/mol. The van der Waals surface area contributed by atoms with E-state index in [9.17, 15) is 18.0 Å². The standard InChI is InChI=1S/C24H27F3O2.C6H12O/c1-28-14-3-2-4-15-29-23-13-10-21-16-19(6-5-7-20(21)17-23)18-8-11-22(12-9-18)24(25,26)27;1-4-6(2,3)5-7/h8-13,16-17H,2-7,14-15H2,1H3;5H,4H2,1-3H3. The number of unbranched alkanes of at least 4 members (excludes halogenated alkanes) is 2. The van der Waals surface area contributed by atoms with E-state index in [-0.39, 0.29) is 5.41 Å². The van der Waals surface area contributed by atoms with E-state index >= 15 is 0 Å². The number of hydrogen-bond acceptors (Lipinski definition) is 3. The second-order valence-electron chi connectivity index (χ2n) is 9.82. The molecule has 1 aliphatic rings. The topological polar surface area (TPSA) is 35.5 Å². The zero-order chi connectivity index (χ0) is 26.6. The molecule has 0 amide bonds. The summed E-state index contributed by atoms with van der Waals surface area (Å²) in [5.74, 6) is 0.877. The summed E-state index contributed by atoms with van der Waals surface area (Å²) >= 11 is 0. The SMILES string of the molecule is CCC(C)(C)C=O.COCCCCCOc1ccc2c(c1)CCCC(c1ccc(C(F)(F)F)cc1)=C2. The largest absolute Gasteiger partial charge is 0.494 e. The summed E-state index contributed by atoms with van der Waals surface area (Å²) < 4.78 is 49.3. The first-order valence-electron chi connectivity index (χ1n) is 12.7. The van der Waals surface area contributed by atoms with E-state index in [0.29, 0.717) is 6.61 Å². The van der Waals surface area contributed by atoms with Gasteiger partial charge in [0.05, 0.1) is 12.2 Å². The van der Waals surface area contributed by atoms with Crippen LogP contribution in [0.1, 0.15) is 81.5 Å². The number of ether oxygens (including phenoxy) is 2. The van der Waals surface area contributed by atoms with Crippen LogP contribution in [-0.2, 0) is 22.1 Å². The Morgan fingerprint density at radius 1 is 0.944 bits per heavy atom. The maximum atomic E-state index is 12.8.